The van der Waals surface area contributed by atoms with Gasteiger partial charge in [-0.3, -0.25) is 9.48 Å². The predicted octanol–water partition coefficient (Wildman–Crippen LogP) is 1.29. The molecule has 8 heteroatoms. The Hall–Kier alpha value is -2.87. The average Bonchev–Trinajstić information content (AvgIpc) is 3.21. The van der Waals surface area contributed by atoms with Gasteiger partial charge in [-0.1, -0.05) is 12.1 Å². The molecule has 0 aliphatic carbocycles. The van der Waals surface area contributed by atoms with Gasteiger partial charge in [-0.25, -0.2) is 4.79 Å². The van der Waals surface area contributed by atoms with Crippen LogP contribution < -0.4 is 15.4 Å². The van der Waals surface area contributed by atoms with E-state index in [4.69, 9.17) is 4.74 Å². The number of hydrogen-bond acceptors (Lipinski definition) is 6. The van der Waals surface area contributed by atoms with E-state index in [2.05, 4.69) is 20.5 Å². The Balaban J connectivity index is 1.53. The smallest absolute Gasteiger partial charge is 0.343 e. The lowest BCUT2D eigenvalue weighted by Crippen LogP contribution is -2.32. The molecule has 0 radical (unpaired) electrons. The maximum Gasteiger partial charge on any atom is 0.343 e. The van der Waals surface area contributed by atoms with Crippen LogP contribution in [0.2, 0.25) is 0 Å². The maximum atomic E-state index is 12.4. The van der Waals surface area contributed by atoms with Crippen molar-refractivity contribution in [3.63, 3.8) is 0 Å². The minimum absolute atomic E-state index is 0.153. The standard InChI is InChI=1S/C19H24N4O4/c1-26-18(24)13-27-16-6-2-4-14(10-16)11-21-19(25)17-7-9-23(22-17)15-5-3-8-20-12-15/h2,4,6-7,9-10,15,20H,3,5,8,11-13H2,1H3,(H,21,25). The molecule has 1 aliphatic heterocycles. The van der Waals surface area contributed by atoms with Crippen molar-refractivity contribution in [2.45, 2.75) is 25.4 Å². The quantitative estimate of drug-likeness (QED) is 0.712. The number of benzene rings is 1. The molecule has 2 aromatic rings. The van der Waals surface area contributed by atoms with E-state index in [1.807, 2.05) is 16.9 Å². The number of aromatic nitrogens is 2. The molecule has 1 amide bonds. The fraction of sp³-hybridized carbons (Fsp3) is 0.421. The summed E-state index contributed by atoms with van der Waals surface area (Å²) in [7, 11) is 1.31. The summed E-state index contributed by atoms with van der Waals surface area (Å²) in [4.78, 5) is 23.5. The molecule has 1 atom stereocenters. The second-order valence-electron chi connectivity index (χ2n) is 6.38. The molecule has 2 N–H and O–H groups in total. The van der Waals surface area contributed by atoms with Gasteiger partial charge in [0.1, 0.15) is 11.4 Å². The molecule has 27 heavy (non-hydrogen) atoms. The highest BCUT2D eigenvalue weighted by Crippen LogP contribution is 2.16. The van der Waals surface area contributed by atoms with E-state index in [1.54, 1.807) is 24.3 Å². The summed E-state index contributed by atoms with van der Waals surface area (Å²) in [6, 6.07) is 9.23. The van der Waals surface area contributed by atoms with Gasteiger partial charge >= 0.3 is 5.97 Å². The lowest BCUT2D eigenvalue weighted by Gasteiger charge is -2.22. The Bertz CT molecular complexity index is 784. The average molecular weight is 372 g/mol. The van der Waals surface area contributed by atoms with Crippen LogP contribution in [0, 0.1) is 0 Å². The Morgan fingerprint density at radius 3 is 3.04 bits per heavy atom. The normalized spacial score (nSPS) is 16.6. The summed E-state index contributed by atoms with van der Waals surface area (Å²) in [6.07, 6.45) is 4.03. The van der Waals surface area contributed by atoms with E-state index in [9.17, 15) is 9.59 Å². The minimum Gasteiger partial charge on any atom is -0.482 e. The summed E-state index contributed by atoms with van der Waals surface area (Å²) >= 11 is 0. The third kappa shape index (κ3) is 5.30. The van der Waals surface area contributed by atoms with E-state index in [0.29, 0.717) is 24.0 Å². The summed E-state index contributed by atoms with van der Waals surface area (Å²) in [5.74, 6) is -0.128. The summed E-state index contributed by atoms with van der Waals surface area (Å²) in [5.41, 5.74) is 1.26. The van der Waals surface area contributed by atoms with Gasteiger partial charge in [0.2, 0.25) is 0 Å². The van der Waals surface area contributed by atoms with E-state index < -0.39 is 5.97 Å². The molecule has 1 aromatic heterocycles. The number of carbonyl (C=O) groups excluding carboxylic acids is 2. The van der Waals surface area contributed by atoms with Crippen molar-refractivity contribution in [1.82, 2.24) is 20.4 Å². The Morgan fingerprint density at radius 2 is 2.26 bits per heavy atom. The molecule has 0 bridgehead atoms. The van der Waals surface area contributed by atoms with Gasteiger partial charge in [-0.15, -0.1) is 0 Å². The van der Waals surface area contributed by atoms with E-state index in [-0.39, 0.29) is 12.5 Å². The number of nitrogens with zero attached hydrogens (tertiary/aromatic N) is 2. The molecule has 1 aromatic carbocycles. The van der Waals surface area contributed by atoms with Gasteiger partial charge in [-0.05, 0) is 43.1 Å². The van der Waals surface area contributed by atoms with Crippen molar-refractivity contribution < 1.29 is 19.1 Å². The van der Waals surface area contributed by atoms with Crippen LogP contribution in [0.3, 0.4) is 0 Å². The zero-order valence-corrected chi connectivity index (χ0v) is 15.3. The van der Waals surface area contributed by atoms with Crippen LogP contribution in [0.4, 0.5) is 0 Å². The number of rotatable bonds is 7. The van der Waals surface area contributed by atoms with Crippen LogP contribution >= 0.6 is 0 Å². The van der Waals surface area contributed by atoms with E-state index in [0.717, 1.165) is 31.5 Å². The topological polar surface area (TPSA) is 94.5 Å². The molecule has 1 unspecified atom stereocenters. The molecule has 0 spiro atoms. The molecule has 0 saturated carbocycles. The van der Waals surface area contributed by atoms with Gasteiger partial charge in [0.25, 0.3) is 5.91 Å². The zero-order chi connectivity index (χ0) is 19.1. The van der Waals surface area contributed by atoms with Gasteiger partial charge < -0.3 is 20.1 Å². The Labute approximate surface area is 157 Å². The molecule has 2 heterocycles. The minimum atomic E-state index is -0.447. The monoisotopic (exact) mass is 372 g/mol. The van der Waals surface area contributed by atoms with Crippen molar-refractivity contribution in [3.8, 4) is 5.75 Å². The summed E-state index contributed by atoms with van der Waals surface area (Å²) < 4.78 is 11.8. The first-order valence-electron chi connectivity index (χ1n) is 8.98. The first-order valence-corrected chi connectivity index (χ1v) is 8.98. The number of carbonyl (C=O) groups is 2. The Kier molecular flexibility index (Phi) is 6.43. The number of amides is 1. The van der Waals surface area contributed by atoms with Crippen LogP contribution in [-0.4, -0.2) is 48.5 Å². The number of ether oxygens (including phenoxy) is 2. The second-order valence-corrected chi connectivity index (χ2v) is 6.38. The Morgan fingerprint density at radius 1 is 1.37 bits per heavy atom. The third-order valence-corrected chi connectivity index (χ3v) is 4.42. The number of piperidine rings is 1. The fourth-order valence-corrected chi connectivity index (χ4v) is 2.94. The van der Waals surface area contributed by atoms with Gasteiger partial charge in [-0.2, -0.15) is 5.10 Å². The molecule has 1 saturated heterocycles. The molecule has 3 rings (SSSR count). The summed E-state index contributed by atoms with van der Waals surface area (Å²) in [5, 5.41) is 10.6. The highest BCUT2D eigenvalue weighted by molar-refractivity contribution is 5.92. The first kappa shape index (κ1) is 18.9. The van der Waals surface area contributed by atoms with Crippen molar-refractivity contribution in [2.75, 3.05) is 26.8 Å². The first-order chi connectivity index (χ1) is 13.2. The van der Waals surface area contributed by atoms with Crippen LogP contribution in [-0.2, 0) is 16.1 Å². The van der Waals surface area contributed by atoms with Crippen LogP contribution in [0.1, 0.15) is 34.9 Å². The maximum absolute atomic E-state index is 12.4. The predicted molar refractivity (Wildman–Crippen MR) is 98.5 cm³/mol. The van der Waals surface area contributed by atoms with Gasteiger partial charge in [0, 0.05) is 19.3 Å². The molecule has 8 nitrogen and oxygen atoms in total. The van der Waals surface area contributed by atoms with Crippen LogP contribution in [0.5, 0.6) is 5.75 Å². The van der Waals surface area contributed by atoms with Crippen molar-refractivity contribution >= 4 is 11.9 Å². The molecule has 1 aliphatic rings. The third-order valence-electron chi connectivity index (χ3n) is 4.42. The number of nitrogens with one attached hydrogen (secondary N) is 2. The van der Waals surface area contributed by atoms with Crippen molar-refractivity contribution in [3.05, 3.63) is 47.8 Å². The van der Waals surface area contributed by atoms with E-state index >= 15 is 0 Å². The SMILES string of the molecule is COC(=O)COc1cccc(CNC(=O)c2ccn(C3CCCNC3)n2)c1. The highest BCUT2D eigenvalue weighted by atomic mass is 16.6. The van der Waals surface area contributed by atoms with Gasteiger partial charge in [0.05, 0.1) is 13.2 Å². The largest absolute Gasteiger partial charge is 0.482 e. The lowest BCUT2D eigenvalue weighted by atomic mass is 10.1. The number of esters is 1. The zero-order valence-electron chi connectivity index (χ0n) is 15.3. The fourth-order valence-electron chi connectivity index (χ4n) is 2.94. The molecular weight excluding hydrogens is 348 g/mol. The lowest BCUT2D eigenvalue weighted by molar-refractivity contribution is -0.142. The van der Waals surface area contributed by atoms with Gasteiger partial charge in [0.15, 0.2) is 6.61 Å². The van der Waals surface area contributed by atoms with Crippen LogP contribution in [0.25, 0.3) is 0 Å². The molecular formula is C19H24N4O4. The molecule has 144 valence electrons. The van der Waals surface area contributed by atoms with Crippen molar-refractivity contribution in [1.29, 1.82) is 0 Å². The molecule has 1 fully saturated rings. The number of hydrogen-bond donors (Lipinski definition) is 2. The highest BCUT2D eigenvalue weighted by Gasteiger charge is 2.17. The number of methoxy groups -OCH3 is 1. The second kappa shape index (κ2) is 9.18. The van der Waals surface area contributed by atoms with E-state index in [1.165, 1.54) is 7.11 Å². The van der Waals surface area contributed by atoms with Crippen molar-refractivity contribution in [2.24, 2.45) is 0 Å². The summed E-state index contributed by atoms with van der Waals surface area (Å²) in [6.45, 7) is 2.10. The van der Waals surface area contributed by atoms with Crippen LogP contribution in [0.15, 0.2) is 36.5 Å².